The Morgan fingerprint density at radius 3 is 2.54 bits per heavy atom. The van der Waals surface area contributed by atoms with Gasteiger partial charge in [-0.05, 0) is 30.5 Å². The fourth-order valence-corrected chi connectivity index (χ4v) is 2.45. The summed E-state index contributed by atoms with van der Waals surface area (Å²) in [6.45, 7) is 5.12. The van der Waals surface area contributed by atoms with Gasteiger partial charge in [-0.25, -0.2) is 4.79 Å². The number of para-hydroxylation sites is 1. The van der Waals surface area contributed by atoms with Crippen molar-refractivity contribution < 1.29 is 19.2 Å². The summed E-state index contributed by atoms with van der Waals surface area (Å²) >= 11 is 0. The highest BCUT2D eigenvalue weighted by atomic mass is 16.6. The Bertz CT molecular complexity index is 846. The molecule has 2 aromatic rings. The molecule has 1 amide bonds. The third kappa shape index (κ3) is 4.66. The number of carbonyl (C=O) groups excluding carboxylic acids is 2. The zero-order valence-electron chi connectivity index (χ0n) is 14.8. The SMILES string of the molecule is Cc1ccc(C(=O)OCC(=O)Nc2ccccc2C(C)C)cc1[N+](=O)[O-]. The van der Waals surface area contributed by atoms with Gasteiger partial charge < -0.3 is 10.1 Å². The average molecular weight is 356 g/mol. The minimum atomic E-state index is -0.791. The normalized spacial score (nSPS) is 10.5. The van der Waals surface area contributed by atoms with E-state index in [4.69, 9.17) is 4.74 Å². The van der Waals surface area contributed by atoms with Crippen LogP contribution in [0, 0.1) is 17.0 Å². The molecule has 0 fully saturated rings. The fraction of sp³-hybridized carbons (Fsp3) is 0.263. The number of ether oxygens (including phenoxy) is 1. The smallest absolute Gasteiger partial charge is 0.338 e. The summed E-state index contributed by atoms with van der Waals surface area (Å²) in [5.41, 5.74) is 1.93. The van der Waals surface area contributed by atoms with Crippen LogP contribution < -0.4 is 5.32 Å². The molecule has 7 nitrogen and oxygen atoms in total. The van der Waals surface area contributed by atoms with Gasteiger partial charge in [0.15, 0.2) is 6.61 Å². The molecule has 0 radical (unpaired) electrons. The predicted octanol–water partition coefficient (Wildman–Crippen LogP) is 3.82. The molecule has 1 N–H and O–H groups in total. The van der Waals surface area contributed by atoms with Crippen LogP contribution in [-0.4, -0.2) is 23.4 Å². The average Bonchev–Trinajstić information content (AvgIpc) is 2.60. The highest BCUT2D eigenvalue weighted by molar-refractivity contribution is 5.96. The number of hydrogen-bond acceptors (Lipinski definition) is 5. The van der Waals surface area contributed by atoms with E-state index in [1.165, 1.54) is 12.1 Å². The maximum absolute atomic E-state index is 12.1. The van der Waals surface area contributed by atoms with Crippen LogP contribution in [0.2, 0.25) is 0 Å². The van der Waals surface area contributed by atoms with Crippen LogP contribution in [0.4, 0.5) is 11.4 Å². The minimum Gasteiger partial charge on any atom is -0.452 e. The number of nitro groups is 1. The van der Waals surface area contributed by atoms with Crippen molar-refractivity contribution in [1.82, 2.24) is 0 Å². The predicted molar refractivity (Wildman–Crippen MR) is 97.3 cm³/mol. The van der Waals surface area contributed by atoms with E-state index in [9.17, 15) is 19.7 Å². The Morgan fingerprint density at radius 1 is 1.19 bits per heavy atom. The fourth-order valence-electron chi connectivity index (χ4n) is 2.45. The number of carbonyl (C=O) groups is 2. The summed E-state index contributed by atoms with van der Waals surface area (Å²) in [5.74, 6) is -1.05. The van der Waals surface area contributed by atoms with E-state index >= 15 is 0 Å². The zero-order valence-corrected chi connectivity index (χ0v) is 14.8. The van der Waals surface area contributed by atoms with Gasteiger partial charge in [0.05, 0.1) is 10.5 Å². The molecule has 2 aromatic carbocycles. The number of anilines is 1. The molecule has 0 atom stereocenters. The molecular formula is C19H20N2O5. The van der Waals surface area contributed by atoms with Crippen LogP contribution in [0.25, 0.3) is 0 Å². The summed E-state index contributed by atoms with van der Waals surface area (Å²) in [6, 6.07) is 11.4. The van der Waals surface area contributed by atoms with Crippen molar-refractivity contribution in [2.45, 2.75) is 26.7 Å². The van der Waals surface area contributed by atoms with Crippen molar-refractivity contribution in [2.24, 2.45) is 0 Å². The summed E-state index contributed by atoms with van der Waals surface area (Å²) in [5, 5.41) is 13.7. The van der Waals surface area contributed by atoms with E-state index < -0.39 is 23.4 Å². The minimum absolute atomic E-state index is 0.0256. The van der Waals surface area contributed by atoms with Crippen LogP contribution in [0.15, 0.2) is 42.5 Å². The largest absolute Gasteiger partial charge is 0.452 e. The number of benzene rings is 2. The molecule has 0 saturated heterocycles. The molecule has 0 heterocycles. The summed E-state index contributed by atoms with van der Waals surface area (Å²) in [7, 11) is 0. The topological polar surface area (TPSA) is 98.5 Å². The number of nitrogens with one attached hydrogen (secondary N) is 1. The van der Waals surface area contributed by atoms with Crippen molar-refractivity contribution in [3.05, 3.63) is 69.3 Å². The second kappa shape index (κ2) is 8.24. The van der Waals surface area contributed by atoms with Gasteiger partial charge in [0.1, 0.15) is 0 Å². The molecule has 0 saturated carbocycles. The molecule has 0 aliphatic heterocycles. The molecule has 26 heavy (non-hydrogen) atoms. The molecule has 0 spiro atoms. The van der Waals surface area contributed by atoms with Crippen molar-refractivity contribution >= 4 is 23.3 Å². The van der Waals surface area contributed by atoms with E-state index in [1.807, 2.05) is 26.0 Å². The lowest BCUT2D eigenvalue weighted by Gasteiger charge is -2.13. The first-order valence-corrected chi connectivity index (χ1v) is 8.10. The number of hydrogen-bond donors (Lipinski definition) is 1. The Hall–Kier alpha value is -3.22. The second-order valence-electron chi connectivity index (χ2n) is 6.12. The first-order chi connectivity index (χ1) is 12.3. The van der Waals surface area contributed by atoms with E-state index in [0.717, 1.165) is 11.6 Å². The number of amides is 1. The van der Waals surface area contributed by atoms with Gasteiger partial charge in [0, 0.05) is 17.3 Å². The van der Waals surface area contributed by atoms with Gasteiger partial charge in [-0.3, -0.25) is 14.9 Å². The highest BCUT2D eigenvalue weighted by Crippen LogP contribution is 2.23. The van der Waals surface area contributed by atoms with Gasteiger partial charge in [-0.1, -0.05) is 38.1 Å². The molecule has 2 rings (SSSR count). The number of nitro benzene ring substituents is 1. The van der Waals surface area contributed by atoms with Crippen LogP contribution in [0.1, 0.15) is 41.3 Å². The van der Waals surface area contributed by atoms with Crippen LogP contribution in [0.3, 0.4) is 0 Å². The summed E-state index contributed by atoms with van der Waals surface area (Å²) in [4.78, 5) is 34.5. The monoisotopic (exact) mass is 356 g/mol. The number of aryl methyl sites for hydroxylation is 1. The van der Waals surface area contributed by atoms with Crippen LogP contribution >= 0.6 is 0 Å². The lowest BCUT2D eigenvalue weighted by molar-refractivity contribution is -0.385. The number of rotatable bonds is 6. The number of nitrogens with zero attached hydrogens (tertiary/aromatic N) is 1. The van der Waals surface area contributed by atoms with Crippen molar-refractivity contribution in [3.8, 4) is 0 Å². The van der Waals surface area contributed by atoms with Gasteiger partial charge in [0.25, 0.3) is 11.6 Å². The first kappa shape index (κ1) is 19.1. The van der Waals surface area contributed by atoms with Gasteiger partial charge in [-0.15, -0.1) is 0 Å². The quantitative estimate of drug-likeness (QED) is 0.482. The van der Waals surface area contributed by atoms with E-state index in [-0.39, 0.29) is 17.2 Å². The standard InChI is InChI=1S/C19H20N2O5/c1-12(2)15-6-4-5-7-16(15)20-18(22)11-26-19(23)14-9-8-13(3)17(10-14)21(24)25/h4-10,12H,11H2,1-3H3,(H,20,22). The highest BCUT2D eigenvalue weighted by Gasteiger charge is 2.17. The summed E-state index contributed by atoms with van der Waals surface area (Å²) in [6.07, 6.45) is 0. The Labute approximate surface area is 151 Å². The molecule has 0 unspecified atom stereocenters. The lowest BCUT2D eigenvalue weighted by atomic mass is 10.0. The van der Waals surface area contributed by atoms with Crippen LogP contribution in [-0.2, 0) is 9.53 Å². The Balaban J connectivity index is 2.01. The number of esters is 1. The van der Waals surface area contributed by atoms with Gasteiger partial charge in [-0.2, -0.15) is 0 Å². The lowest BCUT2D eigenvalue weighted by Crippen LogP contribution is -2.21. The van der Waals surface area contributed by atoms with E-state index in [1.54, 1.807) is 19.1 Å². The molecule has 0 aliphatic rings. The van der Waals surface area contributed by atoms with Crippen molar-refractivity contribution in [2.75, 3.05) is 11.9 Å². The molecule has 136 valence electrons. The Morgan fingerprint density at radius 2 is 1.88 bits per heavy atom. The van der Waals surface area contributed by atoms with Crippen molar-refractivity contribution in [1.29, 1.82) is 0 Å². The molecule has 7 heteroatoms. The van der Waals surface area contributed by atoms with Gasteiger partial charge >= 0.3 is 5.97 Å². The first-order valence-electron chi connectivity index (χ1n) is 8.10. The maximum atomic E-state index is 12.1. The second-order valence-corrected chi connectivity index (χ2v) is 6.12. The molecule has 0 aromatic heterocycles. The van der Waals surface area contributed by atoms with E-state index in [0.29, 0.717) is 11.3 Å². The molecular weight excluding hydrogens is 336 g/mol. The van der Waals surface area contributed by atoms with Gasteiger partial charge in [0.2, 0.25) is 0 Å². The van der Waals surface area contributed by atoms with Crippen LogP contribution in [0.5, 0.6) is 0 Å². The zero-order chi connectivity index (χ0) is 19.3. The maximum Gasteiger partial charge on any atom is 0.338 e. The molecule has 0 aliphatic carbocycles. The van der Waals surface area contributed by atoms with Crippen molar-refractivity contribution in [3.63, 3.8) is 0 Å². The molecule has 0 bridgehead atoms. The third-order valence-electron chi connectivity index (χ3n) is 3.83. The van der Waals surface area contributed by atoms with E-state index in [2.05, 4.69) is 5.32 Å². The Kier molecular flexibility index (Phi) is 6.06. The summed E-state index contributed by atoms with van der Waals surface area (Å²) < 4.78 is 4.96. The third-order valence-corrected chi connectivity index (χ3v) is 3.83.